The van der Waals surface area contributed by atoms with Crippen LogP contribution in [0.4, 0.5) is 0 Å². The molecule has 0 fully saturated rings. The van der Waals surface area contributed by atoms with Crippen LogP contribution in [0.5, 0.6) is 0 Å². The van der Waals surface area contributed by atoms with Crippen molar-refractivity contribution in [3.63, 3.8) is 0 Å². The molecule has 0 N–H and O–H groups in total. The maximum absolute atomic E-state index is 3.59. The smallest absolute Gasteiger partial charge is 0.0313 e. The van der Waals surface area contributed by atoms with E-state index < -0.39 is 0 Å². The second kappa shape index (κ2) is 10.2. The fourth-order valence-electron chi connectivity index (χ4n) is 0.894. The Labute approximate surface area is 76.7 Å². The Balaban J connectivity index is 3.24. The van der Waals surface area contributed by atoms with Crippen LogP contribution in [-0.4, -0.2) is 0 Å². The maximum atomic E-state index is 3.59. The highest BCUT2D eigenvalue weighted by Gasteiger charge is 1.79. The summed E-state index contributed by atoms with van der Waals surface area (Å²) in [6.45, 7) is 5.81. The number of unbranched alkanes of at least 4 members (excludes halogenated alkanes) is 3. The lowest BCUT2D eigenvalue weighted by Crippen LogP contribution is -1.69. The SMILES string of the molecule is [CH2]C=CC=CC=CCCCCC. The quantitative estimate of drug-likeness (QED) is 0.409. The zero-order valence-electron chi connectivity index (χ0n) is 8.00. The fraction of sp³-hybridized carbons (Fsp3) is 0.417. The van der Waals surface area contributed by atoms with Gasteiger partial charge in [0.2, 0.25) is 0 Å². The minimum absolute atomic E-state index is 1.20. The highest BCUT2D eigenvalue weighted by Crippen LogP contribution is 1.99. The summed E-state index contributed by atoms with van der Waals surface area (Å²) < 4.78 is 0. The van der Waals surface area contributed by atoms with E-state index in [2.05, 4.69) is 26.0 Å². The average molecular weight is 163 g/mol. The van der Waals surface area contributed by atoms with Crippen molar-refractivity contribution in [2.24, 2.45) is 0 Å². The second-order valence-corrected chi connectivity index (χ2v) is 2.74. The van der Waals surface area contributed by atoms with Gasteiger partial charge in [-0.2, -0.15) is 0 Å². The Morgan fingerprint density at radius 1 is 1.00 bits per heavy atom. The molecule has 0 saturated heterocycles. The summed E-state index contributed by atoms with van der Waals surface area (Å²) in [5, 5.41) is 0. The summed E-state index contributed by atoms with van der Waals surface area (Å²) in [5.74, 6) is 0. The van der Waals surface area contributed by atoms with Crippen LogP contribution in [0.25, 0.3) is 0 Å². The van der Waals surface area contributed by atoms with Gasteiger partial charge in [0.25, 0.3) is 0 Å². The van der Waals surface area contributed by atoms with E-state index in [9.17, 15) is 0 Å². The number of rotatable bonds is 6. The molecule has 0 atom stereocenters. The van der Waals surface area contributed by atoms with Crippen molar-refractivity contribution in [2.45, 2.75) is 32.6 Å². The third kappa shape index (κ3) is 9.22. The van der Waals surface area contributed by atoms with E-state index >= 15 is 0 Å². The zero-order valence-corrected chi connectivity index (χ0v) is 8.00. The summed E-state index contributed by atoms with van der Waals surface area (Å²) in [4.78, 5) is 0. The van der Waals surface area contributed by atoms with Crippen LogP contribution in [0, 0.1) is 6.92 Å². The molecule has 0 aliphatic carbocycles. The molecule has 0 aromatic heterocycles. The van der Waals surface area contributed by atoms with E-state index in [0.29, 0.717) is 0 Å². The summed E-state index contributed by atoms with van der Waals surface area (Å²) >= 11 is 0. The largest absolute Gasteiger partial charge is 0.0845 e. The number of hydrogen-bond acceptors (Lipinski definition) is 0. The Morgan fingerprint density at radius 2 is 1.75 bits per heavy atom. The van der Waals surface area contributed by atoms with Gasteiger partial charge in [0, 0.05) is 0 Å². The Morgan fingerprint density at radius 3 is 2.42 bits per heavy atom. The maximum Gasteiger partial charge on any atom is -0.0313 e. The predicted molar refractivity (Wildman–Crippen MR) is 56.9 cm³/mol. The van der Waals surface area contributed by atoms with Crippen LogP contribution in [0.3, 0.4) is 0 Å². The van der Waals surface area contributed by atoms with Crippen molar-refractivity contribution < 1.29 is 0 Å². The predicted octanol–water partition coefficient (Wildman–Crippen LogP) is 4.07. The van der Waals surface area contributed by atoms with Crippen molar-refractivity contribution in [2.75, 3.05) is 0 Å². The van der Waals surface area contributed by atoms with Gasteiger partial charge in [-0.25, -0.2) is 0 Å². The molecule has 1 radical (unpaired) electrons. The second-order valence-electron chi connectivity index (χ2n) is 2.74. The first kappa shape index (κ1) is 11.2. The van der Waals surface area contributed by atoms with Crippen molar-refractivity contribution in [3.8, 4) is 0 Å². The minimum Gasteiger partial charge on any atom is -0.0845 e. The van der Waals surface area contributed by atoms with Crippen LogP contribution >= 0.6 is 0 Å². The Bertz CT molecular complexity index is 149. The molecule has 0 unspecified atom stereocenters. The van der Waals surface area contributed by atoms with Crippen molar-refractivity contribution in [1.29, 1.82) is 0 Å². The summed E-state index contributed by atoms with van der Waals surface area (Å²) in [5.41, 5.74) is 0. The fourth-order valence-corrected chi connectivity index (χ4v) is 0.894. The third-order valence-electron chi connectivity index (χ3n) is 1.58. The van der Waals surface area contributed by atoms with Gasteiger partial charge in [-0.15, -0.1) is 0 Å². The molecule has 0 aromatic rings. The van der Waals surface area contributed by atoms with Gasteiger partial charge in [-0.1, -0.05) is 56.2 Å². The zero-order chi connectivity index (χ0) is 9.07. The molecule has 67 valence electrons. The lowest BCUT2D eigenvalue weighted by molar-refractivity contribution is 0.729. The molecule has 0 aliphatic rings. The summed E-state index contributed by atoms with van der Waals surface area (Å²) in [6, 6.07) is 0. The van der Waals surface area contributed by atoms with E-state index in [0.717, 1.165) is 0 Å². The molecule has 12 heavy (non-hydrogen) atoms. The lowest BCUT2D eigenvalue weighted by atomic mass is 10.2. The monoisotopic (exact) mass is 163 g/mol. The van der Waals surface area contributed by atoms with Crippen LogP contribution in [-0.2, 0) is 0 Å². The van der Waals surface area contributed by atoms with E-state index in [1.54, 1.807) is 6.08 Å². The molecule has 0 aromatic carbocycles. The number of hydrogen-bond donors (Lipinski definition) is 0. The van der Waals surface area contributed by atoms with Crippen molar-refractivity contribution >= 4 is 0 Å². The average Bonchev–Trinajstić information content (AvgIpc) is 2.10. The number of allylic oxidation sites excluding steroid dienone is 6. The van der Waals surface area contributed by atoms with Gasteiger partial charge < -0.3 is 0 Å². The highest BCUT2D eigenvalue weighted by atomic mass is 13.9. The lowest BCUT2D eigenvalue weighted by Gasteiger charge is -1.89. The summed E-state index contributed by atoms with van der Waals surface area (Å²) in [6.07, 6.45) is 17.2. The molecule has 0 nitrogen and oxygen atoms in total. The van der Waals surface area contributed by atoms with Gasteiger partial charge in [-0.3, -0.25) is 0 Å². The van der Waals surface area contributed by atoms with Gasteiger partial charge in [0.15, 0.2) is 0 Å². The Kier molecular flexibility index (Phi) is 9.56. The molecule has 0 amide bonds. The molecular formula is C12H19. The van der Waals surface area contributed by atoms with E-state index in [-0.39, 0.29) is 0 Å². The standard InChI is InChI=1S/C12H19/c1-3-5-7-9-11-12-10-8-6-4-2/h3,5,7,9,11-12H,1,4,6,8,10H2,2H3. The molecule has 0 saturated carbocycles. The van der Waals surface area contributed by atoms with Gasteiger partial charge in [-0.05, 0) is 19.8 Å². The molecule has 0 bridgehead atoms. The first-order valence-corrected chi connectivity index (χ1v) is 4.69. The van der Waals surface area contributed by atoms with Gasteiger partial charge in [0.1, 0.15) is 0 Å². The molecule has 0 aliphatic heterocycles. The van der Waals surface area contributed by atoms with Crippen LogP contribution < -0.4 is 0 Å². The van der Waals surface area contributed by atoms with Gasteiger partial charge >= 0.3 is 0 Å². The van der Waals surface area contributed by atoms with Crippen LogP contribution in [0.15, 0.2) is 36.5 Å². The molecular weight excluding hydrogens is 144 g/mol. The first-order valence-electron chi connectivity index (χ1n) is 4.69. The van der Waals surface area contributed by atoms with E-state index in [1.807, 2.05) is 18.2 Å². The minimum atomic E-state index is 1.20. The summed E-state index contributed by atoms with van der Waals surface area (Å²) in [7, 11) is 0. The molecule has 0 heteroatoms. The normalized spacial score (nSPS) is 12.5. The Hall–Kier alpha value is -0.780. The van der Waals surface area contributed by atoms with Gasteiger partial charge in [0.05, 0.1) is 0 Å². The van der Waals surface area contributed by atoms with Crippen molar-refractivity contribution in [3.05, 3.63) is 43.4 Å². The van der Waals surface area contributed by atoms with E-state index in [1.165, 1.54) is 25.7 Å². The molecule has 0 heterocycles. The molecule has 0 spiro atoms. The third-order valence-corrected chi connectivity index (χ3v) is 1.58. The van der Waals surface area contributed by atoms with E-state index in [4.69, 9.17) is 0 Å². The highest BCUT2D eigenvalue weighted by molar-refractivity contribution is 5.11. The van der Waals surface area contributed by atoms with Crippen LogP contribution in [0.1, 0.15) is 32.6 Å². The molecule has 0 rings (SSSR count). The van der Waals surface area contributed by atoms with Crippen LogP contribution in [0.2, 0.25) is 0 Å². The van der Waals surface area contributed by atoms with Crippen molar-refractivity contribution in [1.82, 2.24) is 0 Å². The topological polar surface area (TPSA) is 0 Å². The first-order chi connectivity index (χ1) is 5.91.